The smallest absolute Gasteiger partial charge is 0.407 e. The van der Waals surface area contributed by atoms with Crippen molar-refractivity contribution < 1.29 is 9.53 Å². The predicted octanol–water partition coefficient (Wildman–Crippen LogP) is 5.51. The zero-order valence-corrected chi connectivity index (χ0v) is 15.5. The molecular formula is C23H20ClNO2. The maximum atomic E-state index is 12.4. The molecule has 0 heterocycles. The first-order valence-corrected chi connectivity index (χ1v) is 9.54. The lowest BCUT2D eigenvalue weighted by molar-refractivity contribution is 0.140. The first kappa shape index (κ1) is 17.6. The maximum absolute atomic E-state index is 12.4. The van der Waals surface area contributed by atoms with Crippen LogP contribution in [0.25, 0.3) is 11.1 Å². The average Bonchev–Trinajstić information content (AvgIpc) is 3.05. The minimum Gasteiger partial charge on any atom is -0.449 e. The Kier molecular flexibility index (Phi) is 5.12. The van der Waals surface area contributed by atoms with Crippen molar-refractivity contribution in [2.45, 2.75) is 12.0 Å². The van der Waals surface area contributed by atoms with Gasteiger partial charge in [0.25, 0.3) is 0 Å². The van der Waals surface area contributed by atoms with Gasteiger partial charge in [0.2, 0.25) is 0 Å². The van der Waals surface area contributed by atoms with Crippen molar-refractivity contribution >= 4 is 17.7 Å². The molecule has 1 N–H and O–H groups in total. The lowest BCUT2D eigenvalue weighted by atomic mass is 9.98. The van der Waals surface area contributed by atoms with Gasteiger partial charge < -0.3 is 10.1 Å². The second-order valence-corrected chi connectivity index (χ2v) is 6.90. The van der Waals surface area contributed by atoms with Crippen LogP contribution in [0.3, 0.4) is 0 Å². The van der Waals surface area contributed by atoms with E-state index in [-0.39, 0.29) is 17.8 Å². The molecule has 1 amide bonds. The Labute approximate surface area is 163 Å². The second kappa shape index (κ2) is 7.85. The van der Waals surface area contributed by atoms with Crippen molar-refractivity contribution in [2.75, 3.05) is 12.5 Å². The number of carbonyl (C=O) groups is 1. The van der Waals surface area contributed by atoms with Gasteiger partial charge in [0.05, 0.1) is 6.04 Å². The number of amides is 1. The molecule has 1 atom stereocenters. The van der Waals surface area contributed by atoms with Crippen molar-refractivity contribution in [2.24, 2.45) is 0 Å². The van der Waals surface area contributed by atoms with Crippen LogP contribution in [-0.2, 0) is 4.74 Å². The normalized spacial score (nSPS) is 13.5. The molecule has 1 aliphatic rings. The van der Waals surface area contributed by atoms with E-state index in [9.17, 15) is 4.79 Å². The van der Waals surface area contributed by atoms with Crippen LogP contribution < -0.4 is 5.32 Å². The van der Waals surface area contributed by atoms with Gasteiger partial charge in [0, 0.05) is 11.8 Å². The zero-order valence-electron chi connectivity index (χ0n) is 14.8. The summed E-state index contributed by atoms with van der Waals surface area (Å²) in [4.78, 5) is 12.4. The third kappa shape index (κ3) is 3.56. The molecule has 0 saturated carbocycles. The van der Waals surface area contributed by atoms with E-state index in [1.807, 2.05) is 54.6 Å². The van der Waals surface area contributed by atoms with Crippen molar-refractivity contribution in [3.63, 3.8) is 0 Å². The van der Waals surface area contributed by atoms with Crippen LogP contribution in [0.5, 0.6) is 0 Å². The van der Waals surface area contributed by atoms with E-state index in [0.717, 1.165) is 5.56 Å². The highest BCUT2D eigenvalue weighted by Crippen LogP contribution is 2.44. The van der Waals surface area contributed by atoms with Crippen LogP contribution in [0.4, 0.5) is 4.79 Å². The third-order valence-corrected chi connectivity index (χ3v) is 5.30. The third-order valence-electron chi connectivity index (χ3n) is 4.99. The van der Waals surface area contributed by atoms with E-state index in [2.05, 4.69) is 29.6 Å². The fourth-order valence-corrected chi connectivity index (χ4v) is 3.93. The summed E-state index contributed by atoms with van der Waals surface area (Å²) in [6.45, 7) is 0.295. The van der Waals surface area contributed by atoms with E-state index in [1.165, 1.54) is 22.3 Å². The zero-order chi connectivity index (χ0) is 18.6. The van der Waals surface area contributed by atoms with Crippen LogP contribution in [0.15, 0.2) is 78.9 Å². The molecule has 0 radical (unpaired) electrons. The molecule has 3 aromatic rings. The summed E-state index contributed by atoms with van der Waals surface area (Å²) in [5, 5.41) is 2.86. The first-order chi connectivity index (χ1) is 13.3. The fourth-order valence-electron chi connectivity index (χ4n) is 3.68. The SMILES string of the molecule is O=C(NC(CCl)c1ccccc1)OCC1c2ccccc2-c2ccccc21. The monoisotopic (exact) mass is 377 g/mol. The molecule has 0 aliphatic heterocycles. The number of nitrogens with one attached hydrogen (secondary N) is 1. The number of hydrogen-bond donors (Lipinski definition) is 1. The molecule has 136 valence electrons. The van der Waals surface area contributed by atoms with Gasteiger partial charge in [0.15, 0.2) is 0 Å². The molecule has 0 fully saturated rings. The quantitative estimate of drug-likeness (QED) is 0.596. The van der Waals surface area contributed by atoms with Gasteiger partial charge >= 0.3 is 6.09 Å². The van der Waals surface area contributed by atoms with Crippen LogP contribution >= 0.6 is 11.6 Å². The Morgan fingerprint density at radius 2 is 1.44 bits per heavy atom. The Morgan fingerprint density at radius 1 is 0.889 bits per heavy atom. The van der Waals surface area contributed by atoms with E-state index >= 15 is 0 Å². The topological polar surface area (TPSA) is 38.3 Å². The summed E-state index contributed by atoms with van der Waals surface area (Å²) < 4.78 is 5.58. The summed E-state index contributed by atoms with van der Waals surface area (Å²) in [5.41, 5.74) is 5.78. The van der Waals surface area contributed by atoms with E-state index < -0.39 is 6.09 Å². The van der Waals surface area contributed by atoms with Gasteiger partial charge in [-0.3, -0.25) is 0 Å². The number of benzene rings is 3. The highest BCUT2D eigenvalue weighted by atomic mass is 35.5. The molecule has 4 heteroatoms. The average molecular weight is 378 g/mol. The molecule has 3 nitrogen and oxygen atoms in total. The minimum absolute atomic E-state index is 0.0503. The number of ether oxygens (including phenoxy) is 1. The van der Waals surface area contributed by atoms with Gasteiger partial charge in [-0.2, -0.15) is 0 Å². The van der Waals surface area contributed by atoms with E-state index in [4.69, 9.17) is 16.3 Å². The molecule has 0 spiro atoms. The molecule has 0 bridgehead atoms. The van der Waals surface area contributed by atoms with Crippen LogP contribution in [0.2, 0.25) is 0 Å². The summed E-state index contributed by atoms with van der Waals surface area (Å²) in [5.74, 6) is 0.336. The van der Waals surface area contributed by atoms with Crippen LogP contribution in [0.1, 0.15) is 28.7 Å². The Morgan fingerprint density at radius 3 is 2.04 bits per heavy atom. The lowest BCUT2D eigenvalue weighted by Gasteiger charge is -2.18. The fraction of sp³-hybridized carbons (Fsp3) is 0.174. The Bertz CT molecular complexity index is 896. The Balaban J connectivity index is 1.46. The lowest BCUT2D eigenvalue weighted by Crippen LogP contribution is -2.31. The van der Waals surface area contributed by atoms with Crippen LogP contribution in [-0.4, -0.2) is 18.6 Å². The molecule has 4 rings (SSSR count). The number of fused-ring (bicyclic) bond motifs is 3. The molecular weight excluding hydrogens is 358 g/mol. The maximum Gasteiger partial charge on any atom is 0.407 e. The van der Waals surface area contributed by atoms with Gasteiger partial charge in [-0.25, -0.2) is 4.79 Å². The highest BCUT2D eigenvalue weighted by Gasteiger charge is 2.29. The number of hydrogen-bond acceptors (Lipinski definition) is 2. The molecule has 27 heavy (non-hydrogen) atoms. The summed E-state index contributed by atoms with van der Waals surface area (Å²) in [7, 11) is 0. The largest absolute Gasteiger partial charge is 0.449 e. The number of alkyl carbamates (subject to hydrolysis) is 1. The highest BCUT2D eigenvalue weighted by molar-refractivity contribution is 6.18. The number of carbonyl (C=O) groups excluding carboxylic acids is 1. The van der Waals surface area contributed by atoms with Crippen molar-refractivity contribution in [1.29, 1.82) is 0 Å². The van der Waals surface area contributed by atoms with Gasteiger partial charge in [-0.15, -0.1) is 11.6 Å². The van der Waals surface area contributed by atoms with Crippen LogP contribution in [0, 0.1) is 0 Å². The summed E-state index contributed by atoms with van der Waals surface area (Å²) in [6.07, 6.45) is -0.452. The molecule has 1 aliphatic carbocycles. The number of halogens is 1. The van der Waals surface area contributed by atoms with E-state index in [1.54, 1.807) is 0 Å². The summed E-state index contributed by atoms with van der Waals surface area (Å²) in [6, 6.07) is 26.0. The number of rotatable bonds is 5. The molecule has 0 saturated heterocycles. The van der Waals surface area contributed by atoms with Gasteiger partial charge in [0.1, 0.15) is 6.61 Å². The van der Waals surface area contributed by atoms with Crippen molar-refractivity contribution in [1.82, 2.24) is 5.32 Å². The van der Waals surface area contributed by atoms with E-state index in [0.29, 0.717) is 6.61 Å². The molecule has 1 unspecified atom stereocenters. The standard InChI is InChI=1S/C23H20ClNO2/c24-14-22(16-8-2-1-3-9-16)25-23(26)27-15-21-19-12-6-4-10-17(19)18-11-5-7-13-20(18)21/h1-13,21-22H,14-15H2,(H,25,26). The summed E-state index contributed by atoms with van der Waals surface area (Å²) >= 11 is 6.04. The van der Waals surface area contributed by atoms with Crippen molar-refractivity contribution in [3.05, 3.63) is 95.6 Å². The molecule has 3 aromatic carbocycles. The first-order valence-electron chi connectivity index (χ1n) is 9.00. The van der Waals surface area contributed by atoms with Gasteiger partial charge in [-0.1, -0.05) is 78.9 Å². The predicted molar refractivity (Wildman–Crippen MR) is 108 cm³/mol. The molecule has 0 aromatic heterocycles. The second-order valence-electron chi connectivity index (χ2n) is 6.59. The van der Waals surface area contributed by atoms with Gasteiger partial charge in [-0.05, 0) is 27.8 Å². The minimum atomic E-state index is -0.452. The van der Waals surface area contributed by atoms with Crippen molar-refractivity contribution in [3.8, 4) is 11.1 Å². The Hall–Kier alpha value is -2.78. The number of alkyl halides is 1.